The summed E-state index contributed by atoms with van der Waals surface area (Å²) in [7, 11) is 0. The van der Waals surface area contributed by atoms with E-state index >= 15 is 0 Å². The monoisotopic (exact) mass is 316 g/mol. The number of halogens is 1. The maximum Gasteiger partial charge on any atom is 0.258 e. The predicted molar refractivity (Wildman–Crippen MR) is 82.5 cm³/mol. The number of rotatable bonds is 3. The molecule has 0 radical (unpaired) electrons. The van der Waals surface area contributed by atoms with E-state index in [2.05, 4.69) is 19.9 Å². The van der Waals surface area contributed by atoms with Gasteiger partial charge in [-0.05, 0) is 35.8 Å². The maximum absolute atomic E-state index is 12.1. The lowest BCUT2D eigenvalue weighted by Crippen LogP contribution is -2.12. The normalized spacial score (nSPS) is 10.3. The Morgan fingerprint density at radius 3 is 2.67 bits per heavy atom. The number of benzene rings is 1. The Labute approximate surface area is 129 Å². The maximum atomic E-state index is 12.1. The first-order valence-electron chi connectivity index (χ1n) is 6.03. The third-order valence-electron chi connectivity index (χ3n) is 2.80. The molecule has 0 aliphatic heterocycles. The van der Waals surface area contributed by atoms with E-state index in [1.165, 1.54) is 17.7 Å². The molecule has 2 heterocycles. The van der Waals surface area contributed by atoms with Gasteiger partial charge in [-0.2, -0.15) is 0 Å². The van der Waals surface area contributed by atoms with Crippen molar-refractivity contribution in [3.05, 3.63) is 58.7 Å². The lowest BCUT2D eigenvalue weighted by Gasteiger charge is -2.06. The Kier molecular flexibility index (Phi) is 3.89. The molecule has 0 fully saturated rings. The molecule has 3 aromatic rings. The summed E-state index contributed by atoms with van der Waals surface area (Å²) in [6.07, 6.45) is 1.54. The molecule has 104 valence electrons. The standard InChI is InChI=1S/C14H9ClN4OS/c15-13-11(2-1-7-16-13)14(20)17-10-5-3-9(4-6-10)12-8-21-19-18-12/h1-8H,(H,17,20). The van der Waals surface area contributed by atoms with Gasteiger partial charge in [0, 0.05) is 22.8 Å². The SMILES string of the molecule is O=C(Nc1ccc(-c2csnn2)cc1)c1cccnc1Cl. The van der Waals surface area contributed by atoms with Crippen molar-refractivity contribution >= 4 is 34.7 Å². The highest BCUT2D eigenvalue weighted by Gasteiger charge is 2.11. The van der Waals surface area contributed by atoms with Gasteiger partial charge in [0.2, 0.25) is 0 Å². The fourth-order valence-electron chi connectivity index (χ4n) is 1.77. The second kappa shape index (κ2) is 5.99. The molecule has 1 N–H and O–H groups in total. The summed E-state index contributed by atoms with van der Waals surface area (Å²) in [6, 6.07) is 10.6. The number of carbonyl (C=O) groups excluding carboxylic acids is 1. The van der Waals surface area contributed by atoms with Crippen LogP contribution in [0.3, 0.4) is 0 Å². The fraction of sp³-hybridized carbons (Fsp3) is 0. The van der Waals surface area contributed by atoms with Crippen LogP contribution in [0.2, 0.25) is 5.15 Å². The van der Waals surface area contributed by atoms with Gasteiger partial charge in [-0.3, -0.25) is 4.79 Å². The number of pyridine rings is 1. The largest absolute Gasteiger partial charge is 0.322 e. The molecule has 0 atom stereocenters. The summed E-state index contributed by atoms with van der Waals surface area (Å²) < 4.78 is 3.82. The summed E-state index contributed by atoms with van der Waals surface area (Å²) in [6.45, 7) is 0. The zero-order chi connectivity index (χ0) is 14.7. The van der Waals surface area contributed by atoms with E-state index in [1.807, 2.05) is 17.5 Å². The molecule has 2 aromatic heterocycles. The highest BCUT2D eigenvalue weighted by atomic mass is 35.5. The van der Waals surface area contributed by atoms with Crippen molar-refractivity contribution in [2.45, 2.75) is 0 Å². The lowest BCUT2D eigenvalue weighted by molar-refractivity contribution is 0.102. The topological polar surface area (TPSA) is 67.8 Å². The quantitative estimate of drug-likeness (QED) is 0.751. The van der Waals surface area contributed by atoms with Gasteiger partial charge in [0.05, 0.1) is 5.56 Å². The van der Waals surface area contributed by atoms with E-state index in [0.29, 0.717) is 11.3 Å². The Morgan fingerprint density at radius 1 is 1.19 bits per heavy atom. The van der Waals surface area contributed by atoms with Crippen LogP contribution < -0.4 is 5.32 Å². The van der Waals surface area contributed by atoms with Crippen molar-refractivity contribution in [1.82, 2.24) is 14.6 Å². The van der Waals surface area contributed by atoms with Crippen LogP contribution in [0.15, 0.2) is 48.0 Å². The number of anilines is 1. The number of hydrogen-bond acceptors (Lipinski definition) is 5. The smallest absolute Gasteiger partial charge is 0.258 e. The van der Waals surface area contributed by atoms with Gasteiger partial charge in [0.25, 0.3) is 5.91 Å². The zero-order valence-corrected chi connectivity index (χ0v) is 12.2. The van der Waals surface area contributed by atoms with Gasteiger partial charge in [-0.15, -0.1) is 5.10 Å². The average molecular weight is 317 g/mol. The van der Waals surface area contributed by atoms with E-state index in [-0.39, 0.29) is 11.1 Å². The summed E-state index contributed by atoms with van der Waals surface area (Å²) in [4.78, 5) is 16.0. The van der Waals surface area contributed by atoms with Crippen LogP contribution in [0.5, 0.6) is 0 Å². The molecule has 7 heteroatoms. The molecule has 0 saturated carbocycles. The van der Waals surface area contributed by atoms with Crippen LogP contribution in [-0.2, 0) is 0 Å². The minimum Gasteiger partial charge on any atom is -0.322 e. The van der Waals surface area contributed by atoms with Gasteiger partial charge < -0.3 is 5.32 Å². The van der Waals surface area contributed by atoms with Crippen molar-refractivity contribution in [3.8, 4) is 11.3 Å². The van der Waals surface area contributed by atoms with E-state index in [1.54, 1.807) is 24.3 Å². The van der Waals surface area contributed by atoms with Crippen LogP contribution in [0.1, 0.15) is 10.4 Å². The van der Waals surface area contributed by atoms with E-state index in [4.69, 9.17) is 11.6 Å². The molecule has 0 spiro atoms. The molecular formula is C14H9ClN4OS. The lowest BCUT2D eigenvalue weighted by atomic mass is 10.1. The summed E-state index contributed by atoms with van der Waals surface area (Å²) in [5, 5.41) is 8.81. The average Bonchev–Trinajstić information content (AvgIpc) is 3.02. The van der Waals surface area contributed by atoms with Crippen LogP contribution >= 0.6 is 23.1 Å². The van der Waals surface area contributed by atoms with Gasteiger partial charge in [-0.25, -0.2) is 4.98 Å². The molecule has 0 unspecified atom stereocenters. The first-order valence-corrected chi connectivity index (χ1v) is 7.25. The molecule has 3 rings (SSSR count). The molecule has 1 aromatic carbocycles. The highest BCUT2D eigenvalue weighted by Crippen LogP contribution is 2.21. The molecule has 0 aliphatic rings. The van der Waals surface area contributed by atoms with Crippen LogP contribution in [-0.4, -0.2) is 20.5 Å². The molecular weight excluding hydrogens is 308 g/mol. The van der Waals surface area contributed by atoms with Crippen LogP contribution in [0.25, 0.3) is 11.3 Å². The minimum absolute atomic E-state index is 0.181. The van der Waals surface area contributed by atoms with Crippen molar-refractivity contribution in [3.63, 3.8) is 0 Å². The third kappa shape index (κ3) is 3.07. The van der Waals surface area contributed by atoms with E-state index in [9.17, 15) is 4.79 Å². The van der Waals surface area contributed by atoms with Gasteiger partial charge in [-0.1, -0.05) is 28.2 Å². The highest BCUT2D eigenvalue weighted by molar-refractivity contribution is 7.03. The van der Waals surface area contributed by atoms with Crippen LogP contribution in [0, 0.1) is 0 Å². The van der Waals surface area contributed by atoms with Gasteiger partial charge in [0.15, 0.2) is 0 Å². The van der Waals surface area contributed by atoms with Crippen molar-refractivity contribution in [2.75, 3.05) is 5.32 Å². The second-order valence-electron chi connectivity index (χ2n) is 4.16. The molecule has 21 heavy (non-hydrogen) atoms. The first kappa shape index (κ1) is 13.7. The Balaban J connectivity index is 1.77. The van der Waals surface area contributed by atoms with Gasteiger partial charge >= 0.3 is 0 Å². The summed E-state index contributed by atoms with van der Waals surface area (Å²) in [5.74, 6) is -0.295. The van der Waals surface area contributed by atoms with Crippen LogP contribution in [0.4, 0.5) is 5.69 Å². The Hall–Kier alpha value is -2.31. The number of nitrogens with zero attached hydrogens (tertiary/aromatic N) is 3. The number of amides is 1. The Morgan fingerprint density at radius 2 is 2.00 bits per heavy atom. The summed E-state index contributed by atoms with van der Waals surface area (Å²) >= 11 is 7.19. The first-order chi connectivity index (χ1) is 10.2. The van der Waals surface area contributed by atoms with Crippen molar-refractivity contribution in [2.24, 2.45) is 0 Å². The van der Waals surface area contributed by atoms with Crippen molar-refractivity contribution < 1.29 is 4.79 Å². The minimum atomic E-state index is -0.295. The predicted octanol–water partition coefficient (Wildman–Crippen LogP) is 3.51. The molecule has 0 aliphatic carbocycles. The molecule has 0 bridgehead atoms. The molecule has 5 nitrogen and oxygen atoms in total. The third-order valence-corrected chi connectivity index (χ3v) is 3.61. The number of hydrogen-bond donors (Lipinski definition) is 1. The van der Waals surface area contributed by atoms with Crippen molar-refractivity contribution in [1.29, 1.82) is 0 Å². The second-order valence-corrected chi connectivity index (χ2v) is 5.13. The summed E-state index contributed by atoms with van der Waals surface area (Å²) in [5.41, 5.74) is 2.77. The number of nitrogens with one attached hydrogen (secondary N) is 1. The van der Waals surface area contributed by atoms with Gasteiger partial charge in [0.1, 0.15) is 10.8 Å². The van der Waals surface area contributed by atoms with E-state index < -0.39 is 0 Å². The van der Waals surface area contributed by atoms with E-state index in [0.717, 1.165) is 11.3 Å². The number of carbonyl (C=O) groups is 1. The Bertz CT molecular complexity index is 759. The molecule has 1 amide bonds. The molecule has 0 saturated heterocycles. The fourth-order valence-corrected chi connectivity index (χ4v) is 2.44. The zero-order valence-electron chi connectivity index (χ0n) is 10.7. The number of aromatic nitrogens is 3.